The Labute approximate surface area is 116 Å². The van der Waals surface area contributed by atoms with Gasteiger partial charge in [0.05, 0.1) is 0 Å². The SMILES string of the molecule is CC(NCc1cccc(C2CC2)c1)C1CCOCC1. The average Bonchev–Trinajstić information content (AvgIpc) is 3.31. The molecule has 0 bridgehead atoms. The molecule has 0 amide bonds. The molecule has 1 aliphatic carbocycles. The van der Waals surface area contributed by atoms with Crippen molar-refractivity contribution >= 4 is 0 Å². The Kier molecular flexibility index (Phi) is 4.19. The van der Waals surface area contributed by atoms with Crippen LogP contribution in [0, 0.1) is 5.92 Å². The predicted octanol–water partition coefficient (Wildman–Crippen LogP) is 3.47. The molecule has 1 aromatic carbocycles. The molecular weight excluding hydrogens is 234 g/mol. The molecule has 104 valence electrons. The molecule has 0 radical (unpaired) electrons. The largest absolute Gasteiger partial charge is 0.381 e. The van der Waals surface area contributed by atoms with Gasteiger partial charge in [-0.25, -0.2) is 0 Å². The second-order valence-electron chi connectivity index (χ2n) is 6.14. The molecule has 1 saturated carbocycles. The monoisotopic (exact) mass is 259 g/mol. The summed E-state index contributed by atoms with van der Waals surface area (Å²) in [6.45, 7) is 5.20. The summed E-state index contributed by atoms with van der Waals surface area (Å²) in [5.74, 6) is 1.63. The van der Waals surface area contributed by atoms with Crippen LogP contribution in [-0.4, -0.2) is 19.3 Å². The van der Waals surface area contributed by atoms with Crippen molar-refractivity contribution in [3.05, 3.63) is 35.4 Å². The van der Waals surface area contributed by atoms with Crippen molar-refractivity contribution in [3.8, 4) is 0 Å². The predicted molar refractivity (Wildman–Crippen MR) is 78.3 cm³/mol. The van der Waals surface area contributed by atoms with Gasteiger partial charge in [0.15, 0.2) is 0 Å². The highest BCUT2D eigenvalue weighted by Gasteiger charge is 2.23. The third-order valence-corrected chi connectivity index (χ3v) is 4.60. The summed E-state index contributed by atoms with van der Waals surface area (Å²) in [6, 6.07) is 9.72. The minimum atomic E-state index is 0.591. The van der Waals surface area contributed by atoms with Crippen LogP contribution in [0.15, 0.2) is 24.3 Å². The van der Waals surface area contributed by atoms with Crippen molar-refractivity contribution in [2.24, 2.45) is 5.92 Å². The lowest BCUT2D eigenvalue weighted by Gasteiger charge is -2.28. The first-order valence-electron chi connectivity index (χ1n) is 7.73. The van der Waals surface area contributed by atoms with E-state index in [4.69, 9.17) is 4.74 Å². The zero-order valence-electron chi connectivity index (χ0n) is 11.9. The van der Waals surface area contributed by atoms with Crippen molar-refractivity contribution in [2.75, 3.05) is 13.2 Å². The maximum absolute atomic E-state index is 5.43. The first-order valence-corrected chi connectivity index (χ1v) is 7.73. The smallest absolute Gasteiger partial charge is 0.0469 e. The Morgan fingerprint density at radius 3 is 2.74 bits per heavy atom. The van der Waals surface area contributed by atoms with Crippen LogP contribution < -0.4 is 5.32 Å². The molecule has 1 aromatic rings. The van der Waals surface area contributed by atoms with Gasteiger partial charge in [0.1, 0.15) is 0 Å². The maximum atomic E-state index is 5.43. The third-order valence-electron chi connectivity index (χ3n) is 4.60. The van der Waals surface area contributed by atoms with Crippen molar-refractivity contribution in [3.63, 3.8) is 0 Å². The van der Waals surface area contributed by atoms with Crippen LogP contribution in [0.4, 0.5) is 0 Å². The van der Waals surface area contributed by atoms with Crippen LogP contribution in [0.3, 0.4) is 0 Å². The molecule has 1 unspecified atom stereocenters. The number of rotatable bonds is 5. The number of hydrogen-bond donors (Lipinski definition) is 1. The Hall–Kier alpha value is -0.860. The van der Waals surface area contributed by atoms with Crippen LogP contribution in [0.25, 0.3) is 0 Å². The molecule has 2 heteroatoms. The third kappa shape index (κ3) is 3.58. The van der Waals surface area contributed by atoms with E-state index >= 15 is 0 Å². The van der Waals surface area contributed by atoms with Gasteiger partial charge in [-0.15, -0.1) is 0 Å². The fraction of sp³-hybridized carbons (Fsp3) is 0.647. The maximum Gasteiger partial charge on any atom is 0.0469 e. The van der Waals surface area contributed by atoms with E-state index in [-0.39, 0.29) is 0 Å². The zero-order valence-corrected chi connectivity index (χ0v) is 11.9. The number of nitrogens with one attached hydrogen (secondary N) is 1. The average molecular weight is 259 g/mol. The summed E-state index contributed by atoms with van der Waals surface area (Å²) in [5, 5.41) is 3.70. The highest BCUT2D eigenvalue weighted by atomic mass is 16.5. The summed E-state index contributed by atoms with van der Waals surface area (Å²) in [5.41, 5.74) is 2.97. The van der Waals surface area contributed by atoms with Crippen molar-refractivity contribution < 1.29 is 4.74 Å². The molecule has 1 N–H and O–H groups in total. The standard InChI is InChI=1S/C17H25NO/c1-13(15-7-9-19-10-8-15)18-12-14-3-2-4-17(11-14)16-5-6-16/h2-4,11,13,15-16,18H,5-10,12H2,1H3. The Morgan fingerprint density at radius 1 is 1.21 bits per heavy atom. The Balaban J connectivity index is 1.51. The molecular formula is C17H25NO. The first kappa shape index (κ1) is 13.1. The van der Waals surface area contributed by atoms with Gasteiger partial charge >= 0.3 is 0 Å². The molecule has 1 aliphatic heterocycles. The molecule has 19 heavy (non-hydrogen) atoms. The highest BCUT2D eigenvalue weighted by Crippen LogP contribution is 2.40. The van der Waals surface area contributed by atoms with E-state index in [0.717, 1.165) is 31.6 Å². The molecule has 2 aliphatic rings. The minimum absolute atomic E-state index is 0.591. The molecule has 0 aromatic heterocycles. The topological polar surface area (TPSA) is 21.3 Å². The Bertz CT molecular complexity index is 407. The lowest BCUT2D eigenvalue weighted by molar-refractivity contribution is 0.0558. The molecule has 2 nitrogen and oxygen atoms in total. The molecule has 0 spiro atoms. The number of benzene rings is 1. The van der Waals surface area contributed by atoms with E-state index in [1.165, 1.54) is 36.8 Å². The van der Waals surface area contributed by atoms with Gasteiger partial charge in [-0.05, 0) is 55.6 Å². The molecule has 1 saturated heterocycles. The lowest BCUT2D eigenvalue weighted by Crippen LogP contribution is -2.36. The van der Waals surface area contributed by atoms with Gasteiger partial charge in [-0.2, -0.15) is 0 Å². The molecule has 1 heterocycles. The summed E-state index contributed by atoms with van der Waals surface area (Å²) in [6.07, 6.45) is 5.18. The number of hydrogen-bond acceptors (Lipinski definition) is 2. The molecule has 3 rings (SSSR count). The summed E-state index contributed by atoms with van der Waals surface area (Å²) >= 11 is 0. The van der Waals surface area contributed by atoms with Gasteiger partial charge in [0.25, 0.3) is 0 Å². The fourth-order valence-corrected chi connectivity index (χ4v) is 3.04. The minimum Gasteiger partial charge on any atom is -0.381 e. The van der Waals surface area contributed by atoms with E-state index in [2.05, 4.69) is 36.5 Å². The van der Waals surface area contributed by atoms with Crippen LogP contribution in [0.2, 0.25) is 0 Å². The second-order valence-corrected chi connectivity index (χ2v) is 6.14. The van der Waals surface area contributed by atoms with Crippen molar-refractivity contribution in [1.29, 1.82) is 0 Å². The highest BCUT2D eigenvalue weighted by molar-refractivity contribution is 5.29. The Morgan fingerprint density at radius 2 is 2.00 bits per heavy atom. The van der Waals surface area contributed by atoms with E-state index < -0.39 is 0 Å². The van der Waals surface area contributed by atoms with Crippen LogP contribution in [-0.2, 0) is 11.3 Å². The first-order chi connectivity index (χ1) is 9.33. The van der Waals surface area contributed by atoms with Gasteiger partial charge < -0.3 is 10.1 Å². The van der Waals surface area contributed by atoms with Crippen molar-refractivity contribution in [1.82, 2.24) is 5.32 Å². The quantitative estimate of drug-likeness (QED) is 0.874. The van der Waals surface area contributed by atoms with Gasteiger partial charge in [-0.1, -0.05) is 24.3 Å². The van der Waals surface area contributed by atoms with Gasteiger partial charge in [0.2, 0.25) is 0 Å². The van der Waals surface area contributed by atoms with E-state index in [9.17, 15) is 0 Å². The van der Waals surface area contributed by atoms with Crippen LogP contribution in [0.5, 0.6) is 0 Å². The second kappa shape index (κ2) is 6.06. The normalized spacial score (nSPS) is 22.4. The van der Waals surface area contributed by atoms with E-state index in [1.54, 1.807) is 0 Å². The summed E-state index contributed by atoms with van der Waals surface area (Å²) < 4.78 is 5.43. The zero-order chi connectivity index (χ0) is 13.1. The molecule has 2 fully saturated rings. The van der Waals surface area contributed by atoms with E-state index in [1.807, 2.05) is 0 Å². The number of ether oxygens (including phenoxy) is 1. The van der Waals surface area contributed by atoms with Gasteiger partial charge in [0, 0.05) is 25.8 Å². The fourth-order valence-electron chi connectivity index (χ4n) is 3.04. The van der Waals surface area contributed by atoms with E-state index in [0.29, 0.717) is 6.04 Å². The molecule has 1 atom stereocenters. The summed E-state index contributed by atoms with van der Waals surface area (Å²) in [7, 11) is 0. The van der Waals surface area contributed by atoms with Crippen molar-refractivity contribution in [2.45, 2.75) is 51.1 Å². The lowest BCUT2D eigenvalue weighted by atomic mass is 9.93. The van der Waals surface area contributed by atoms with Crippen LogP contribution in [0.1, 0.15) is 49.7 Å². The summed E-state index contributed by atoms with van der Waals surface area (Å²) in [4.78, 5) is 0. The van der Waals surface area contributed by atoms with Gasteiger partial charge in [-0.3, -0.25) is 0 Å². The van der Waals surface area contributed by atoms with Crippen LogP contribution >= 0.6 is 0 Å².